The minimum absolute atomic E-state index is 0.112. The van der Waals surface area contributed by atoms with Crippen LogP contribution < -0.4 is 10.1 Å². The highest BCUT2D eigenvalue weighted by Crippen LogP contribution is 2.44. The summed E-state index contributed by atoms with van der Waals surface area (Å²) >= 11 is 0. The number of nitrogens with zero attached hydrogens (tertiary/aromatic N) is 3. The number of nitrogens with one attached hydrogen (secondary N) is 1. The molecule has 29 heavy (non-hydrogen) atoms. The average molecular weight is 406 g/mol. The summed E-state index contributed by atoms with van der Waals surface area (Å²) in [5, 5.41) is 6.98. The fraction of sp³-hybridized carbons (Fsp3) is 0.600. The predicted octanol–water partition coefficient (Wildman–Crippen LogP) is 3.74. The van der Waals surface area contributed by atoms with Gasteiger partial charge in [0.1, 0.15) is 23.6 Å². The van der Waals surface area contributed by atoms with Crippen LogP contribution in [0.25, 0.3) is 0 Å². The zero-order valence-corrected chi connectivity index (χ0v) is 16.5. The Labute approximate surface area is 167 Å². The van der Waals surface area contributed by atoms with Crippen LogP contribution in [0.15, 0.2) is 16.8 Å². The summed E-state index contributed by atoms with van der Waals surface area (Å²) in [5.41, 5.74) is 0.0780. The molecule has 0 unspecified atom stereocenters. The molecule has 2 aliphatic rings. The maximum absolute atomic E-state index is 13.0. The molecule has 2 aromatic rings. The number of halogens is 2. The van der Waals surface area contributed by atoms with Crippen LogP contribution >= 0.6 is 0 Å². The fourth-order valence-electron chi connectivity index (χ4n) is 3.49. The third-order valence-electron chi connectivity index (χ3n) is 5.31. The van der Waals surface area contributed by atoms with Gasteiger partial charge in [0.05, 0.1) is 0 Å². The van der Waals surface area contributed by atoms with Crippen LogP contribution in [0.4, 0.5) is 8.78 Å². The van der Waals surface area contributed by atoms with Gasteiger partial charge in [-0.05, 0) is 38.0 Å². The molecule has 0 aromatic carbocycles. The number of hydrogen-bond acceptors (Lipinski definition) is 6. The van der Waals surface area contributed by atoms with Gasteiger partial charge in [-0.15, -0.1) is 0 Å². The predicted molar refractivity (Wildman–Crippen MR) is 98.9 cm³/mol. The molecule has 2 fully saturated rings. The number of amides is 1. The summed E-state index contributed by atoms with van der Waals surface area (Å²) in [6, 6.07) is 1.45. The first kappa shape index (κ1) is 19.7. The summed E-state index contributed by atoms with van der Waals surface area (Å²) < 4.78 is 35.6. The standard InChI is InChI=1S/C20H24F2N4O3/c1-11-24-19(26-29-11)20(2,8-12-3-4-12)25-18(27)15-7-16(28-10-17(21)22)14(9-23-15)13-5-6-13/h7,9,12-13,17H,3-6,8,10H2,1-2H3,(H,25,27)/t20-/m1/s1. The fourth-order valence-corrected chi connectivity index (χ4v) is 3.49. The first-order chi connectivity index (χ1) is 13.8. The van der Waals surface area contributed by atoms with E-state index in [0.717, 1.165) is 31.2 Å². The lowest BCUT2D eigenvalue weighted by molar-refractivity contribution is 0.0811. The Kier molecular flexibility index (Phi) is 5.23. The molecule has 0 radical (unpaired) electrons. The first-order valence-electron chi connectivity index (χ1n) is 9.88. The number of carbonyl (C=O) groups is 1. The van der Waals surface area contributed by atoms with Crippen molar-refractivity contribution in [2.45, 2.75) is 63.8 Å². The van der Waals surface area contributed by atoms with E-state index in [4.69, 9.17) is 9.26 Å². The van der Waals surface area contributed by atoms with Crippen molar-refractivity contribution in [1.29, 1.82) is 0 Å². The highest BCUT2D eigenvalue weighted by Gasteiger charge is 2.40. The van der Waals surface area contributed by atoms with Crippen LogP contribution in [0.3, 0.4) is 0 Å². The summed E-state index contributed by atoms with van der Waals surface area (Å²) in [5.74, 6) is 1.46. The largest absolute Gasteiger partial charge is 0.487 e. The molecular weight excluding hydrogens is 382 g/mol. The Morgan fingerprint density at radius 3 is 2.72 bits per heavy atom. The zero-order chi connectivity index (χ0) is 20.6. The van der Waals surface area contributed by atoms with Gasteiger partial charge in [0, 0.05) is 24.8 Å². The van der Waals surface area contributed by atoms with E-state index in [2.05, 4.69) is 20.4 Å². The number of alkyl halides is 2. The molecule has 9 heteroatoms. The zero-order valence-electron chi connectivity index (χ0n) is 16.5. The minimum atomic E-state index is -2.59. The number of ether oxygens (including phenoxy) is 1. The van der Waals surface area contributed by atoms with E-state index in [9.17, 15) is 13.6 Å². The number of carbonyl (C=O) groups excluding carboxylic acids is 1. The van der Waals surface area contributed by atoms with Gasteiger partial charge in [0.15, 0.2) is 5.82 Å². The van der Waals surface area contributed by atoms with E-state index in [1.54, 1.807) is 13.1 Å². The smallest absolute Gasteiger partial charge is 0.272 e. The molecule has 4 rings (SSSR count). The van der Waals surface area contributed by atoms with Crippen LogP contribution in [0, 0.1) is 12.8 Å². The number of aromatic nitrogens is 3. The summed E-state index contributed by atoms with van der Waals surface area (Å²) in [4.78, 5) is 21.5. The van der Waals surface area contributed by atoms with Gasteiger partial charge in [0.25, 0.3) is 12.3 Å². The molecule has 0 aliphatic heterocycles. The summed E-state index contributed by atoms with van der Waals surface area (Å²) in [6.07, 6.45) is 3.79. The van der Waals surface area contributed by atoms with E-state index in [1.807, 2.05) is 6.92 Å². The van der Waals surface area contributed by atoms with Crippen LogP contribution in [-0.2, 0) is 5.54 Å². The number of hydrogen-bond donors (Lipinski definition) is 1. The third-order valence-corrected chi connectivity index (χ3v) is 5.31. The molecule has 1 amide bonds. The Morgan fingerprint density at radius 2 is 2.14 bits per heavy atom. The van der Waals surface area contributed by atoms with Crippen molar-refractivity contribution in [3.05, 3.63) is 35.2 Å². The van der Waals surface area contributed by atoms with Crippen molar-refractivity contribution in [3.63, 3.8) is 0 Å². The second kappa shape index (κ2) is 7.68. The Hall–Kier alpha value is -2.58. The molecule has 0 bridgehead atoms. The summed E-state index contributed by atoms with van der Waals surface area (Å²) in [6.45, 7) is 2.84. The van der Waals surface area contributed by atoms with Crippen molar-refractivity contribution < 1.29 is 22.8 Å². The number of aryl methyl sites for hydroxylation is 1. The molecule has 1 N–H and O–H groups in total. The van der Waals surface area contributed by atoms with Gasteiger partial charge >= 0.3 is 0 Å². The van der Waals surface area contributed by atoms with E-state index in [1.165, 1.54) is 6.07 Å². The lowest BCUT2D eigenvalue weighted by atomic mass is 9.93. The molecule has 2 aliphatic carbocycles. The first-order valence-corrected chi connectivity index (χ1v) is 9.88. The number of rotatable bonds is 9. The Morgan fingerprint density at radius 1 is 1.38 bits per heavy atom. The Balaban J connectivity index is 1.56. The monoisotopic (exact) mass is 406 g/mol. The average Bonchev–Trinajstić information content (AvgIpc) is 3.60. The highest BCUT2D eigenvalue weighted by molar-refractivity contribution is 5.93. The number of pyridine rings is 1. The topological polar surface area (TPSA) is 90.1 Å². The van der Waals surface area contributed by atoms with Crippen LogP contribution in [-0.4, -0.2) is 34.1 Å². The van der Waals surface area contributed by atoms with Gasteiger partial charge in [-0.3, -0.25) is 9.78 Å². The van der Waals surface area contributed by atoms with Crippen LogP contribution in [0.5, 0.6) is 5.75 Å². The quantitative estimate of drug-likeness (QED) is 0.682. The van der Waals surface area contributed by atoms with Gasteiger partial charge in [0.2, 0.25) is 5.89 Å². The van der Waals surface area contributed by atoms with Crippen molar-refractivity contribution >= 4 is 5.91 Å². The lowest BCUT2D eigenvalue weighted by Gasteiger charge is -2.27. The van der Waals surface area contributed by atoms with Crippen molar-refractivity contribution in [3.8, 4) is 5.75 Å². The molecule has 2 saturated carbocycles. The lowest BCUT2D eigenvalue weighted by Crippen LogP contribution is -2.45. The van der Waals surface area contributed by atoms with Crippen molar-refractivity contribution in [1.82, 2.24) is 20.4 Å². The van der Waals surface area contributed by atoms with E-state index in [-0.39, 0.29) is 11.6 Å². The molecular formula is C20H24F2N4O3. The van der Waals surface area contributed by atoms with Gasteiger partial charge in [-0.25, -0.2) is 8.78 Å². The van der Waals surface area contributed by atoms with Crippen molar-refractivity contribution in [2.75, 3.05) is 6.61 Å². The Bertz CT molecular complexity index is 896. The van der Waals surface area contributed by atoms with Gasteiger partial charge in [-0.1, -0.05) is 18.0 Å². The van der Waals surface area contributed by atoms with Gasteiger partial charge < -0.3 is 14.6 Å². The molecule has 2 heterocycles. The molecule has 1 atom stereocenters. The normalized spacial score (nSPS) is 18.5. The molecule has 2 aromatic heterocycles. The van der Waals surface area contributed by atoms with E-state index >= 15 is 0 Å². The molecule has 7 nitrogen and oxygen atoms in total. The molecule has 0 saturated heterocycles. The van der Waals surface area contributed by atoms with Crippen molar-refractivity contribution in [2.24, 2.45) is 5.92 Å². The van der Waals surface area contributed by atoms with Gasteiger partial charge in [-0.2, -0.15) is 4.98 Å². The SMILES string of the molecule is Cc1nc([C@@](C)(CC2CC2)NC(=O)c2cc(OCC(F)F)c(C3CC3)cn2)no1. The summed E-state index contributed by atoms with van der Waals surface area (Å²) in [7, 11) is 0. The third kappa shape index (κ3) is 4.71. The van der Waals surface area contributed by atoms with E-state index < -0.39 is 24.5 Å². The second-order valence-corrected chi connectivity index (χ2v) is 8.15. The maximum atomic E-state index is 13.0. The minimum Gasteiger partial charge on any atom is -0.487 e. The maximum Gasteiger partial charge on any atom is 0.272 e. The molecule has 156 valence electrons. The van der Waals surface area contributed by atoms with Crippen LogP contribution in [0.1, 0.15) is 72.7 Å². The second-order valence-electron chi connectivity index (χ2n) is 8.15. The van der Waals surface area contributed by atoms with E-state index in [0.29, 0.717) is 29.8 Å². The highest BCUT2D eigenvalue weighted by atomic mass is 19.3. The molecule has 0 spiro atoms. The van der Waals surface area contributed by atoms with Crippen LogP contribution in [0.2, 0.25) is 0 Å².